The summed E-state index contributed by atoms with van der Waals surface area (Å²) in [6.45, 7) is 9.87. The topological polar surface area (TPSA) is 65.2 Å². The summed E-state index contributed by atoms with van der Waals surface area (Å²) < 4.78 is 0. The minimum atomic E-state index is -0.00803. The Kier molecular flexibility index (Phi) is 7.80. The Morgan fingerprint density at radius 2 is 1.25 bits per heavy atom. The average Bonchev–Trinajstić information content (AvgIpc) is 2.68. The van der Waals surface area contributed by atoms with Gasteiger partial charge in [0.2, 0.25) is 0 Å². The van der Waals surface area contributed by atoms with E-state index < -0.39 is 0 Å². The Bertz CT molecular complexity index is 838. The van der Waals surface area contributed by atoms with Crippen LogP contribution in [0.5, 0.6) is 11.5 Å². The van der Waals surface area contributed by atoms with Crippen molar-refractivity contribution in [2.24, 2.45) is 15.4 Å². The molecular weight excluding hydrogens is 348 g/mol. The Balaban J connectivity index is 2.05. The molecule has 2 N–H and O–H groups in total. The maximum absolute atomic E-state index is 10.1. The fraction of sp³-hybridized carbons (Fsp3) is 0.417. The minimum Gasteiger partial charge on any atom is -0.507 e. The zero-order valence-electron chi connectivity index (χ0n) is 17.4. The molecule has 28 heavy (non-hydrogen) atoms. The van der Waals surface area contributed by atoms with E-state index in [1.807, 2.05) is 36.4 Å². The van der Waals surface area contributed by atoms with Crippen LogP contribution in [0.4, 0.5) is 0 Å². The van der Waals surface area contributed by atoms with Crippen molar-refractivity contribution in [1.82, 2.24) is 0 Å². The van der Waals surface area contributed by atoms with E-state index in [-0.39, 0.29) is 16.9 Å². The number of nitrogens with zero attached hydrogens (tertiary/aromatic N) is 2. The lowest BCUT2D eigenvalue weighted by Gasteiger charge is -2.22. The van der Waals surface area contributed by atoms with Gasteiger partial charge in [-0.3, -0.25) is 9.98 Å². The molecule has 0 bridgehead atoms. The Morgan fingerprint density at radius 3 is 1.71 bits per heavy atom. The number of aliphatic imine (C=N–C) groups is 2. The fourth-order valence-electron chi connectivity index (χ4n) is 3.09. The standard InChI is InChI=1S/C24H32N2O2/c1-5-20(18-11-7-9-13-22(18)27)25-16-15-24(3,4)17-26-21(6-2)19-12-8-10-14-23(19)28/h7-14,27-28H,5-6,15-17H2,1-4H3. The first kappa shape index (κ1) is 21.7. The molecule has 0 aliphatic heterocycles. The second kappa shape index (κ2) is 10.1. The summed E-state index contributed by atoms with van der Waals surface area (Å²) in [5, 5.41) is 20.1. The van der Waals surface area contributed by atoms with E-state index in [0.717, 1.165) is 41.8 Å². The molecule has 0 aliphatic carbocycles. The van der Waals surface area contributed by atoms with Crippen LogP contribution < -0.4 is 0 Å². The van der Waals surface area contributed by atoms with Crippen LogP contribution in [0.2, 0.25) is 0 Å². The molecule has 2 rings (SSSR count). The first-order valence-corrected chi connectivity index (χ1v) is 10.0. The van der Waals surface area contributed by atoms with Crippen LogP contribution in [0.25, 0.3) is 0 Å². The van der Waals surface area contributed by atoms with Crippen LogP contribution in [0, 0.1) is 5.41 Å². The second-order valence-corrected chi connectivity index (χ2v) is 7.75. The number of hydrogen-bond donors (Lipinski definition) is 2. The monoisotopic (exact) mass is 380 g/mol. The molecule has 0 radical (unpaired) electrons. The van der Waals surface area contributed by atoms with Crippen LogP contribution in [-0.4, -0.2) is 34.7 Å². The summed E-state index contributed by atoms with van der Waals surface area (Å²) in [5.41, 5.74) is 3.48. The van der Waals surface area contributed by atoms with Crippen LogP contribution >= 0.6 is 0 Å². The third-order valence-electron chi connectivity index (χ3n) is 4.89. The number of hydrogen-bond acceptors (Lipinski definition) is 4. The molecule has 0 fully saturated rings. The summed E-state index contributed by atoms with van der Waals surface area (Å²) in [6, 6.07) is 14.7. The summed E-state index contributed by atoms with van der Waals surface area (Å²) >= 11 is 0. The van der Waals surface area contributed by atoms with E-state index in [9.17, 15) is 10.2 Å². The van der Waals surface area contributed by atoms with E-state index in [1.54, 1.807) is 12.1 Å². The molecule has 0 atom stereocenters. The summed E-state index contributed by atoms with van der Waals surface area (Å²) in [5.74, 6) is 0.558. The molecule has 0 saturated heterocycles. The van der Waals surface area contributed by atoms with Gasteiger partial charge < -0.3 is 10.2 Å². The maximum Gasteiger partial charge on any atom is 0.124 e. The Labute approximate surface area is 168 Å². The van der Waals surface area contributed by atoms with E-state index in [1.165, 1.54) is 0 Å². The zero-order valence-corrected chi connectivity index (χ0v) is 17.4. The Hall–Kier alpha value is -2.62. The average molecular weight is 381 g/mol. The summed E-state index contributed by atoms with van der Waals surface area (Å²) in [6.07, 6.45) is 2.45. The highest BCUT2D eigenvalue weighted by Gasteiger charge is 2.18. The van der Waals surface area contributed by atoms with Crippen molar-refractivity contribution < 1.29 is 10.2 Å². The van der Waals surface area contributed by atoms with Gasteiger partial charge in [-0.15, -0.1) is 0 Å². The van der Waals surface area contributed by atoms with Crippen molar-refractivity contribution in [1.29, 1.82) is 0 Å². The molecule has 4 nitrogen and oxygen atoms in total. The number of phenolic OH excluding ortho intramolecular Hbond substituents is 2. The Morgan fingerprint density at radius 1 is 0.786 bits per heavy atom. The molecule has 0 spiro atoms. The van der Waals surface area contributed by atoms with Gasteiger partial charge in [-0.25, -0.2) is 0 Å². The highest BCUT2D eigenvalue weighted by atomic mass is 16.3. The van der Waals surface area contributed by atoms with Crippen molar-refractivity contribution in [3.05, 3.63) is 59.7 Å². The lowest BCUT2D eigenvalue weighted by atomic mass is 9.89. The van der Waals surface area contributed by atoms with Crippen LogP contribution in [0.15, 0.2) is 58.5 Å². The molecule has 0 amide bonds. The highest BCUT2D eigenvalue weighted by Crippen LogP contribution is 2.24. The second-order valence-electron chi connectivity index (χ2n) is 7.75. The predicted molar refractivity (Wildman–Crippen MR) is 118 cm³/mol. The van der Waals surface area contributed by atoms with E-state index in [2.05, 4.69) is 27.7 Å². The van der Waals surface area contributed by atoms with E-state index in [0.29, 0.717) is 13.1 Å². The molecule has 0 aliphatic rings. The molecular formula is C24H32N2O2. The molecule has 2 aromatic carbocycles. The van der Waals surface area contributed by atoms with Crippen molar-refractivity contribution in [2.45, 2.75) is 47.0 Å². The third kappa shape index (κ3) is 5.95. The molecule has 4 heteroatoms. The fourth-order valence-corrected chi connectivity index (χ4v) is 3.09. The van der Waals surface area contributed by atoms with Crippen molar-refractivity contribution >= 4 is 11.4 Å². The highest BCUT2D eigenvalue weighted by molar-refractivity contribution is 6.03. The number of phenols is 2. The molecule has 0 heterocycles. The van der Waals surface area contributed by atoms with Crippen LogP contribution in [0.1, 0.15) is 58.1 Å². The normalized spacial score (nSPS) is 13.0. The van der Waals surface area contributed by atoms with Gasteiger partial charge in [0, 0.05) is 35.6 Å². The predicted octanol–water partition coefficient (Wildman–Crippen LogP) is 5.61. The van der Waals surface area contributed by atoms with Gasteiger partial charge in [0.1, 0.15) is 11.5 Å². The van der Waals surface area contributed by atoms with Gasteiger partial charge in [-0.05, 0) is 48.9 Å². The quantitative estimate of drug-likeness (QED) is 0.555. The SMILES string of the molecule is CCC(=NCCC(C)(C)CN=C(CC)c1ccccc1O)c1ccccc1O. The van der Waals surface area contributed by atoms with Crippen molar-refractivity contribution in [3.63, 3.8) is 0 Å². The molecule has 0 saturated carbocycles. The maximum atomic E-state index is 10.1. The van der Waals surface area contributed by atoms with Gasteiger partial charge in [-0.1, -0.05) is 52.0 Å². The number of rotatable bonds is 9. The number of para-hydroxylation sites is 2. The molecule has 0 unspecified atom stereocenters. The van der Waals surface area contributed by atoms with E-state index in [4.69, 9.17) is 9.98 Å². The van der Waals surface area contributed by atoms with E-state index >= 15 is 0 Å². The first-order valence-electron chi connectivity index (χ1n) is 10.0. The molecule has 150 valence electrons. The molecule has 0 aromatic heterocycles. The lowest BCUT2D eigenvalue weighted by molar-refractivity contribution is 0.355. The van der Waals surface area contributed by atoms with Crippen LogP contribution in [-0.2, 0) is 0 Å². The minimum absolute atomic E-state index is 0.00803. The van der Waals surface area contributed by atoms with Gasteiger partial charge in [-0.2, -0.15) is 0 Å². The smallest absolute Gasteiger partial charge is 0.124 e. The number of benzene rings is 2. The number of aromatic hydroxyl groups is 2. The van der Waals surface area contributed by atoms with Crippen LogP contribution in [0.3, 0.4) is 0 Å². The first-order chi connectivity index (χ1) is 13.4. The lowest BCUT2D eigenvalue weighted by Crippen LogP contribution is -2.19. The van der Waals surface area contributed by atoms with Crippen molar-refractivity contribution in [2.75, 3.05) is 13.1 Å². The zero-order chi connectivity index (χ0) is 20.6. The van der Waals surface area contributed by atoms with Crippen molar-refractivity contribution in [3.8, 4) is 11.5 Å². The van der Waals surface area contributed by atoms with Gasteiger partial charge in [0.05, 0.1) is 0 Å². The summed E-state index contributed by atoms with van der Waals surface area (Å²) in [7, 11) is 0. The third-order valence-corrected chi connectivity index (χ3v) is 4.89. The van der Waals surface area contributed by atoms with Gasteiger partial charge in [0.15, 0.2) is 0 Å². The van der Waals surface area contributed by atoms with Gasteiger partial charge in [0.25, 0.3) is 0 Å². The van der Waals surface area contributed by atoms with Gasteiger partial charge >= 0.3 is 0 Å². The largest absolute Gasteiger partial charge is 0.507 e. The molecule has 2 aromatic rings. The summed E-state index contributed by atoms with van der Waals surface area (Å²) in [4.78, 5) is 9.55.